The van der Waals surface area contributed by atoms with E-state index in [0.717, 1.165) is 0 Å². The number of rotatable bonds is 6. The van der Waals surface area contributed by atoms with Gasteiger partial charge < -0.3 is 25.4 Å². The zero-order chi connectivity index (χ0) is 18.9. The molecule has 0 saturated carbocycles. The number of ether oxygens (including phenoxy) is 1. The van der Waals surface area contributed by atoms with Gasteiger partial charge in [0.15, 0.2) is 17.7 Å². The van der Waals surface area contributed by atoms with Gasteiger partial charge in [-0.15, -0.1) is 0 Å². The molecular weight excluding hydrogens is 347 g/mol. The maximum Gasteiger partial charge on any atom is 0.181 e. The van der Waals surface area contributed by atoms with Crippen molar-refractivity contribution in [3.63, 3.8) is 0 Å². The first-order chi connectivity index (χ1) is 12.5. The zero-order valence-electron chi connectivity index (χ0n) is 14.3. The van der Waals surface area contributed by atoms with Gasteiger partial charge in [0.05, 0.1) is 24.8 Å². The molecule has 0 spiro atoms. The Morgan fingerprint density at radius 1 is 1.58 bits per heavy atom. The Kier molecular flexibility index (Phi) is 5.05. The molecule has 1 aliphatic heterocycles. The molecule has 0 bridgehead atoms. The fraction of sp³-hybridized carbons (Fsp3) is 0.533. The normalized spacial score (nSPS) is 29.0. The van der Waals surface area contributed by atoms with Crippen LogP contribution in [0.5, 0.6) is 0 Å². The average molecular weight is 368 g/mol. The lowest BCUT2D eigenvalue weighted by atomic mass is 9.98. The van der Waals surface area contributed by atoms with Crippen LogP contribution in [0.2, 0.25) is 0 Å². The summed E-state index contributed by atoms with van der Waals surface area (Å²) in [7, 11) is 0. The van der Waals surface area contributed by atoms with Crippen LogP contribution in [-0.2, 0) is 9.57 Å². The molecule has 0 unspecified atom stereocenters. The van der Waals surface area contributed by atoms with E-state index < -0.39 is 30.7 Å². The molecule has 142 valence electrons. The van der Waals surface area contributed by atoms with Crippen LogP contribution in [0.4, 0.5) is 10.2 Å². The highest BCUT2D eigenvalue weighted by molar-refractivity contribution is 6.03. The molecule has 1 saturated heterocycles. The Morgan fingerprint density at radius 2 is 2.35 bits per heavy atom. The van der Waals surface area contributed by atoms with E-state index in [9.17, 15) is 10.2 Å². The molecule has 26 heavy (non-hydrogen) atoms. The van der Waals surface area contributed by atoms with Crippen LogP contribution in [0.3, 0.4) is 0 Å². The number of anilines is 1. The fourth-order valence-corrected chi connectivity index (χ4v) is 3.05. The fourth-order valence-electron chi connectivity index (χ4n) is 3.05. The summed E-state index contributed by atoms with van der Waals surface area (Å²) in [4.78, 5) is 13.5. The number of nitrogens with zero attached hydrogens (tertiary/aromatic N) is 4. The maximum absolute atomic E-state index is 15.2. The molecule has 11 heteroatoms. The summed E-state index contributed by atoms with van der Waals surface area (Å²) in [5, 5.41) is 23.5. The molecule has 2 aromatic heterocycles. The standard InChI is InChI=1S/C15H21FN6O4/c1-3-25-21-12-10-8(4-20-17)5-22(13(10)19-7-18-12)14-15(2,16)11(24)9(6-23)26-14/h4-5,7,9,11,14,23-24H,3,6,17H2,1-2H3,(H,18,19,21)/b20-4+/t9-,11-,14-,15-/m1/s1. The largest absolute Gasteiger partial charge is 0.394 e. The molecule has 0 amide bonds. The summed E-state index contributed by atoms with van der Waals surface area (Å²) in [6.45, 7) is 2.89. The number of nitrogens with one attached hydrogen (secondary N) is 1. The van der Waals surface area contributed by atoms with E-state index in [1.54, 1.807) is 13.1 Å². The lowest BCUT2D eigenvalue weighted by molar-refractivity contribution is -0.0564. The van der Waals surface area contributed by atoms with E-state index in [-0.39, 0.29) is 0 Å². The number of hydrazone groups is 1. The Labute approximate surface area is 148 Å². The Hall–Kier alpha value is -2.34. The van der Waals surface area contributed by atoms with Crippen molar-refractivity contribution >= 4 is 23.1 Å². The first-order valence-corrected chi connectivity index (χ1v) is 8.05. The highest BCUT2D eigenvalue weighted by Crippen LogP contribution is 2.43. The van der Waals surface area contributed by atoms with E-state index in [2.05, 4.69) is 20.5 Å². The summed E-state index contributed by atoms with van der Waals surface area (Å²) in [6.07, 6.45) is 0.429. The molecule has 0 aromatic carbocycles. The summed E-state index contributed by atoms with van der Waals surface area (Å²) >= 11 is 0. The number of hydrogen-bond donors (Lipinski definition) is 4. The molecule has 10 nitrogen and oxygen atoms in total. The number of aliphatic hydroxyl groups excluding tert-OH is 2. The molecule has 0 aliphatic carbocycles. The van der Waals surface area contributed by atoms with Crippen LogP contribution >= 0.6 is 0 Å². The van der Waals surface area contributed by atoms with Crippen LogP contribution < -0.4 is 11.3 Å². The van der Waals surface area contributed by atoms with Crippen LogP contribution in [-0.4, -0.2) is 62.1 Å². The Balaban J connectivity index is 2.15. The third kappa shape index (κ3) is 2.88. The number of alkyl halides is 1. The van der Waals surface area contributed by atoms with Gasteiger partial charge in [-0.3, -0.25) is 4.84 Å². The molecular formula is C15H21FN6O4. The van der Waals surface area contributed by atoms with Crippen molar-refractivity contribution in [1.29, 1.82) is 0 Å². The van der Waals surface area contributed by atoms with Crippen molar-refractivity contribution in [2.75, 3.05) is 18.7 Å². The number of halogens is 1. The molecule has 5 N–H and O–H groups in total. The lowest BCUT2D eigenvalue weighted by Gasteiger charge is -2.25. The summed E-state index contributed by atoms with van der Waals surface area (Å²) in [5.74, 6) is 5.62. The summed E-state index contributed by atoms with van der Waals surface area (Å²) < 4.78 is 22.1. The second-order valence-electron chi connectivity index (χ2n) is 6.03. The Bertz CT molecular complexity index is 811. The molecule has 3 heterocycles. The highest BCUT2D eigenvalue weighted by Gasteiger charge is 2.55. The predicted molar refractivity (Wildman–Crippen MR) is 91.1 cm³/mol. The van der Waals surface area contributed by atoms with E-state index in [0.29, 0.717) is 29.0 Å². The quantitative estimate of drug-likeness (QED) is 0.319. The Morgan fingerprint density at radius 3 is 2.96 bits per heavy atom. The van der Waals surface area contributed by atoms with E-state index in [1.165, 1.54) is 24.0 Å². The van der Waals surface area contributed by atoms with E-state index in [4.69, 9.17) is 15.4 Å². The maximum atomic E-state index is 15.2. The molecule has 0 radical (unpaired) electrons. The van der Waals surface area contributed by atoms with Crippen molar-refractivity contribution in [3.05, 3.63) is 18.1 Å². The average Bonchev–Trinajstić information content (AvgIpc) is 3.09. The van der Waals surface area contributed by atoms with Gasteiger partial charge in [0.2, 0.25) is 0 Å². The van der Waals surface area contributed by atoms with Crippen molar-refractivity contribution in [1.82, 2.24) is 14.5 Å². The van der Waals surface area contributed by atoms with Crippen molar-refractivity contribution in [3.8, 4) is 0 Å². The first-order valence-electron chi connectivity index (χ1n) is 8.05. The number of hydrogen-bond acceptors (Lipinski definition) is 9. The second-order valence-corrected chi connectivity index (χ2v) is 6.03. The topological polar surface area (TPSA) is 140 Å². The lowest BCUT2D eigenvalue weighted by Crippen LogP contribution is -2.40. The van der Waals surface area contributed by atoms with Crippen molar-refractivity contribution in [2.24, 2.45) is 10.9 Å². The molecule has 1 aliphatic rings. The molecule has 3 rings (SSSR count). The third-order valence-electron chi connectivity index (χ3n) is 4.32. The van der Waals surface area contributed by atoms with Crippen LogP contribution in [0.15, 0.2) is 17.6 Å². The molecule has 2 aromatic rings. The minimum absolute atomic E-state index is 0.330. The van der Waals surface area contributed by atoms with Gasteiger partial charge in [0.25, 0.3) is 0 Å². The van der Waals surface area contributed by atoms with Crippen LogP contribution in [0.1, 0.15) is 25.6 Å². The predicted octanol–water partition coefficient (Wildman–Crippen LogP) is 0.0661. The second kappa shape index (κ2) is 7.11. The molecule has 4 atom stereocenters. The number of aliphatic hydroxyl groups is 2. The third-order valence-corrected chi connectivity index (χ3v) is 4.32. The highest BCUT2D eigenvalue weighted by atomic mass is 19.1. The zero-order valence-corrected chi connectivity index (χ0v) is 14.3. The van der Waals surface area contributed by atoms with Gasteiger partial charge >= 0.3 is 0 Å². The van der Waals surface area contributed by atoms with Crippen molar-refractivity contribution in [2.45, 2.75) is 38.0 Å². The van der Waals surface area contributed by atoms with Crippen molar-refractivity contribution < 1.29 is 24.2 Å². The summed E-state index contributed by atoms with van der Waals surface area (Å²) in [6, 6.07) is 0. The van der Waals surface area contributed by atoms with E-state index in [1.807, 2.05) is 0 Å². The molecule has 1 fully saturated rings. The monoisotopic (exact) mass is 368 g/mol. The minimum Gasteiger partial charge on any atom is -0.394 e. The van der Waals surface area contributed by atoms with Gasteiger partial charge in [-0.05, 0) is 13.8 Å². The number of fused-ring (bicyclic) bond motifs is 1. The van der Waals surface area contributed by atoms with Gasteiger partial charge in [-0.1, -0.05) is 0 Å². The first kappa shape index (κ1) is 18.5. The number of aromatic nitrogens is 3. The smallest absolute Gasteiger partial charge is 0.181 e. The van der Waals surface area contributed by atoms with E-state index >= 15 is 4.39 Å². The van der Waals surface area contributed by atoms with Crippen LogP contribution in [0.25, 0.3) is 11.0 Å². The minimum atomic E-state index is -2.16. The van der Waals surface area contributed by atoms with Gasteiger partial charge in [0.1, 0.15) is 24.2 Å². The van der Waals surface area contributed by atoms with Gasteiger partial charge in [-0.2, -0.15) is 5.10 Å². The van der Waals surface area contributed by atoms with Gasteiger partial charge in [0, 0.05) is 11.8 Å². The van der Waals surface area contributed by atoms with Gasteiger partial charge in [-0.25, -0.2) is 19.8 Å². The SMILES string of the molecule is CCONc1ncnc2c1c(/C=N/N)cn2[C@@H]1O[C@H](CO)[C@@H](O)[C@@]1(C)F. The summed E-state index contributed by atoms with van der Waals surface area (Å²) in [5.41, 5.74) is 1.38. The number of nitrogens with two attached hydrogens (primary N) is 1. The van der Waals surface area contributed by atoms with Crippen LogP contribution in [0, 0.1) is 0 Å².